The molecular formula is C10H10FN3O3S. The Labute approximate surface area is 103 Å². The molecule has 1 aromatic heterocycles. The molecule has 96 valence electrons. The summed E-state index contributed by atoms with van der Waals surface area (Å²) in [5.74, 6) is -0.609. The molecule has 2 aromatic rings. The molecule has 8 heteroatoms. The zero-order valence-corrected chi connectivity index (χ0v) is 10.2. The summed E-state index contributed by atoms with van der Waals surface area (Å²) >= 11 is 0. The molecule has 0 saturated heterocycles. The zero-order chi connectivity index (χ0) is 13.2. The Morgan fingerprint density at radius 1 is 1.39 bits per heavy atom. The average Bonchev–Trinajstić information content (AvgIpc) is 2.85. The lowest BCUT2D eigenvalue weighted by molar-refractivity contribution is 0.387. The lowest BCUT2D eigenvalue weighted by atomic mass is 10.3. The number of nitrogens with zero attached hydrogens (tertiary/aromatic N) is 1. The number of methoxy groups -OCH3 is 1. The van der Waals surface area contributed by atoms with Gasteiger partial charge in [0, 0.05) is 6.07 Å². The van der Waals surface area contributed by atoms with Crippen LogP contribution in [-0.2, 0) is 10.0 Å². The highest BCUT2D eigenvalue weighted by atomic mass is 32.2. The van der Waals surface area contributed by atoms with E-state index in [0.29, 0.717) is 0 Å². The van der Waals surface area contributed by atoms with Crippen LogP contribution < -0.4 is 9.46 Å². The predicted molar refractivity (Wildman–Crippen MR) is 62.3 cm³/mol. The second-order valence-electron chi connectivity index (χ2n) is 3.38. The number of anilines is 1. The number of benzene rings is 1. The fraction of sp³-hybridized carbons (Fsp3) is 0.100. The van der Waals surface area contributed by atoms with Crippen molar-refractivity contribution >= 4 is 15.7 Å². The van der Waals surface area contributed by atoms with E-state index in [1.54, 1.807) is 0 Å². The summed E-state index contributed by atoms with van der Waals surface area (Å²) in [6.07, 6.45) is 1.32. The largest absolute Gasteiger partial charge is 0.494 e. The Morgan fingerprint density at radius 3 is 2.78 bits per heavy atom. The van der Waals surface area contributed by atoms with Gasteiger partial charge in [-0.15, -0.1) is 0 Å². The number of hydrogen-bond donors (Lipinski definition) is 2. The van der Waals surface area contributed by atoms with Crippen LogP contribution >= 0.6 is 0 Å². The first-order chi connectivity index (χ1) is 8.53. The number of aromatic amines is 1. The fourth-order valence-corrected chi connectivity index (χ4v) is 2.29. The molecule has 0 unspecified atom stereocenters. The number of nitrogens with one attached hydrogen (secondary N) is 2. The maximum absolute atomic E-state index is 13.2. The van der Waals surface area contributed by atoms with Crippen molar-refractivity contribution in [2.75, 3.05) is 11.8 Å². The third-order valence-electron chi connectivity index (χ3n) is 2.17. The summed E-state index contributed by atoms with van der Waals surface area (Å²) in [5, 5.41) is 5.80. The van der Waals surface area contributed by atoms with Gasteiger partial charge in [-0.2, -0.15) is 13.5 Å². The van der Waals surface area contributed by atoms with Crippen LogP contribution in [0.15, 0.2) is 35.5 Å². The van der Waals surface area contributed by atoms with Crippen molar-refractivity contribution in [3.05, 3.63) is 36.3 Å². The molecule has 0 saturated carbocycles. The van der Waals surface area contributed by atoms with Crippen LogP contribution in [0, 0.1) is 5.82 Å². The normalized spacial score (nSPS) is 11.2. The summed E-state index contributed by atoms with van der Waals surface area (Å²) in [7, 11) is -2.46. The van der Waals surface area contributed by atoms with Crippen molar-refractivity contribution in [2.24, 2.45) is 0 Å². The third kappa shape index (κ3) is 2.43. The van der Waals surface area contributed by atoms with Gasteiger partial charge in [-0.1, -0.05) is 0 Å². The predicted octanol–water partition coefficient (Wildman–Crippen LogP) is 1.36. The van der Waals surface area contributed by atoms with Gasteiger partial charge in [0.15, 0.2) is 16.6 Å². The first-order valence-corrected chi connectivity index (χ1v) is 6.37. The number of ether oxygens (including phenoxy) is 1. The van der Waals surface area contributed by atoms with E-state index < -0.39 is 15.8 Å². The van der Waals surface area contributed by atoms with Crippen molar-refractivity contribution in [1.29, 1.82) is 0 Å². The summed E-state index contributed by atoms with van der Waals surface area (Å²) in [6, 6.07) is 4.97. The van der Waals surface area contributed by atoms with Gasteiger partial charge in [0.1, 0.15) is 0 Å². The van der Waals surface area contributed by atoms with E-state index in [1.807, 2.05) is 0 Å². The van der Waals surface area contributed by atoms with Gasteiger partial charge in [0.2, 0.25) is 0 Å². The first-order valence-electron chi connectivity index (χ1n) is 4.88. The van der Waals surface area contributed by atoms with Crippen LogP contribution in [0.1, 0.15) is 0 Å². The Kier molecular flexibility index (Phi) is 3.19. The van der Waals surface area contributed by atoms with Gasteiger partial charge < -0.3 is 4.74 Å². The molecule has 0 fully saturated rings. The molecule has 0 aliphatic carbocycles. The van der Waals surface area contributed by atoms with E-state index >= 15 is 0 Å². The molecule has 2 rings (SSSR count). The van der Waals surface area contributed by atoms with Gasteiger partial charge in [-0.05, 0) is 18.2 Å². The van der Waals surface area contributed by atoms with Crippen molar-refractivity contribution in [1.82, 2.24) is 10.2 Å². The highest BCUT2D eigenvalue weighted by Crippen LogP contribution is 2.23. The van der Waals surface area contributed by atoms with Gasteiger partial charge in [-0.25, -0.2) is 4.39 Å². The summed E-state index contributed by atoms with van der Waals surface area (Å²) < 4.78 is 43.9. The van der Waals surface area contributed by atoms with Crippen LogP contribution in [-0.4, -0.2) is 25.7 Å². The molecule has 18 heavy (non-hydrogen) atoms. The van der Waals surface area contributed by atoms with Gasteiger partial charge in [0.25, 0.3) is 10.0 Å². The summed E-state index contributed by atoms with van der Waals surface area (Å²) in [6.45, 7) is 0. The standard InChI is InChI=1S/C10H10FN3O3S/c1-17-9-6-7(2-3-8(9)11)14-18(15,16)10-4-5-12-13-10/h2-6,14H,1H3,(H,12,13). The molecule has 1 heterocycles. The Morgan fingerprint density at radius 2 is 2.17 bits per heavy atom. The van der Waals surface area contributed by atoms with Crippen molar-refractivity contribution in [3.8, 4) is 5.75 Å². The minimum absolute atomic E-state index is 0.0418. The van der Waals surface area contributed by atoms with Crippen molar-refractivity contribution in [3.63, 3.8) is 0 Å². The van der Waals surface area contributed by atoms with Gasteiger partial charge >= 0.3 is 0 Å². The van der Waals surface area contributed by atoms with Crippen molar-refractivity contribution in [2.45, 2.75) is 5.03 Å². The number of hydrogen-bond acceptors (Lipinski definition) is 4. The zero-order valence-electron chi connectivity index (χ0n) is 9.34. The van der Waals surface area contributed by atoms with Crippen LogP contribution in [0.2, 0.25) is 0 Å². The molecule has 0 radical (unpaired) electrons. The van der Waals surface area contributed by atoms with Crippen LogP contribution in [0.3, 0.4) is 0 Å². The Hall–Kier alpha value is -2.09. The number of sulfonamides is 1. The highest BCUT2D eigenvalue weighted by molar-refractivity contribution is 7.92. The second kappa shape index (κ2) is 4.65. The topological polar surface area (TPSA) is 84.1 Å². The summed E-state index contributed by atoms with van der Waals surface area (Å²) in [5.41, 5.74) is 0.197. The van der Waals surface area contributed by atoms with E-state index in [9.17, 15) is 12.8 Å². The quantitative estimate of drug-likeness (QED) is 0.879. The maximum Gasteiger partial charge on any atom is 0.278 e. The number of H-pyrrole nitrogens is 1. The minimum atomic E-state index is -3.75. The van der Waals surface area contributed by atoms with E-state index in [-0.39, 0.29) is 16.5 Å². The first kappa shape index (κ1) is 12.4. The average molecular weight is 271 g/mol. The van der Waals surface area contributed by atoms with Crippen LogP contribution in [0.5, 0.6) is 5.75 Å². The minimum Gasteiger partial charge on any atom is -0.494 e. The second-order valence-corrected chi connectivity index (χ2v) is 5.03. The number of halogens is 1. The van der Waals surface area contributed by atoms with E-state index in [2.05, 4.69) is 14.9 Å². The summed E-state index contributed by atoms with van der Waals surface area (Å²) in [4.78, 5) is 0. The lowest BCUT2D eigenvalue weighted by Crippen LogP contribution is -2.13. The highest BCUT2D eigenvalue weighted by Gasteiger charge is 2.16. The molecule has 0 aliphatic heterocycles. The van der Waals surface area contributed by atoms with E-state index in [1.165, 1.54) is 31.5 Å². The molecule has 0 bridgehead atoms. The van der Waals surface area contributed by atoms with Crippen molar-refractivity contribution < 1.29 is 17.5 Å². The number of aromatic nitrogens is 2. The fourth-order valence-electron chi connectivity index (χ4n) is 1.33. The van der Waals surface area contributed by atoms with E-state index in [0.717, 1.165) is 6.07 Å². The number of rotatable bonds is 4. The Balaban J connectivity index is 2.30. The molecule has 0 amide bonds. The molecule has 0 aliphatic rings. The van der Waals surface area contributed by atoms with E-state index in [4.69, 9.17) is 4.74 Å². The third-order valence-corrected chi connectivity index (χ3v) is 3.48. The van der Waals surface area contributed by atoms with Gasteiger partial charge in [-0.3, -0.25) is 9.82 Å². The molecule has 0 atom stereocenters. The smallest absolute Gasteiger partial charge is 0.278 e. The van der Waals surface area contributed by atoms with Crippen LogP contribution in [0.25, 0.3) is 0 Å². The van der Waals surface area contributed by atoms with Gasteiger partial charge in [0.05, 0.1) is 19.0 Å². The molecule has 0 spiro atoms. The SMILES string of the molecule is COc1cc(NS(=O)(=O)c2ccn[nH]2)ccc1F. The molecule has 2 N–H and O–H groups in total. The Bertz CT molecular complexity index is 640. The molecule has 1 aromatic carbocycles. The molecule has 6 nitrogen and oxygen atoms in total. The van der Waals surface area contributed by atoms with Crippen LogP contribution in [0.4, 0.5) is 10.1 Å². The molecular weight excluding hydrogens is 261 g/mol. The monoisotopic (exact) mass is 271 g/mol. The maximum atomic E-state index is 13.2. The lowest BCUT2D eigenvalue weighted by Gasteiger charge is -2.08.